The van der Waals surface area contributed by atoms with Gasteiger partial charge >= 0.3 is 0 Å². The van der Waals surface area contributed by atoms with Crippen LogP contribution >= 0.6 is 0 Å². The van der Waals surface area contributed by atoms with Gasteiger partial charge in [-0.2, -0.15) is 0 Å². The molecule has 15 heavy (non-hydrogen) atoms. The van der Waals surface area contributed by atoms with Crippen molar-refractivity contribution in [2.45, 2.75) is 27.4 Å². The lowest BCUT2D eigenvalue weighted by Gasteiger charge is -2.01. The van der Waals surface area contributed by atoms with Gasteiger partial charge in [0.1, 0.15) is 0 Å². The van der Waals surface area contributed by atoms with E-state index in [-0.39, 0.29) is 0 Å². The molecule has 2 nitrogen and oxygen atoms in total. The van der Waals surface area contributed by atoms with Crippen LogP contribution < -0.4 is 0 Å². The van der Waals surface area contributed by atoms with Gasteiger partial charge in [-0.15, -0.1) is 0 Å². The molecule has 0 atom stereocenters. The second kappa shape index (κ2) is 3.70. The number of methoxy groups -OCH3 is 1. The zero-order chi connectivity index (χ0) is 11.0. The molecule has 0 saturated carbocycles. The zero-order valence-corrected chi connectivity index (χ0v) is 9.77. The molecule has 1 N–H and O–H groups in total. The first-order valence-electron chi connectivity index (χ1n) is 5.21. The largest absolute Gasteiger partial charge is 0.380 e. The maximum absolute atomic E-state index is 5.23. The maximum atomic E-state index is 5.23. The molecule has 0 aliphatic carbocycles. The predicted molar refractivity (Wildman–Crippen MR) is 63.2 cm³/mol. The summed E-state index contributed by atoms with van der Waals surface area (Å²) in [6.07, 6.45) is 0. The molecule has 1 aromatic carbocycles. The highest BCUT2D eigenvalue weighted by Gasteiger charge is 2.09. The summed E-state index contributed by atoms with van der Waals surface area (Å²) in [5.41, 5.74) is 6.33. The van der Waals surface area contributed by atoms with Crippen LogP contribution in [0.2, 0.25) is 0 Å². The number of H-pyrrole nitrogens is 1. The van der Waals surface area contributed by atoms with Crippen LogP contribution in [0.5, 0.6) is 0 Å². The second-order valence-electron chi connectivity index (χ2n) is 4.17. The molecule has 80 valence electrons. The van der Waals surface area contributed by atoms with Crippen molar-refractivity contribution in [1.29, 1.82) is 0 Å². The third kappa shape index (κ3) is 1.65. The van der Waals surface area contributed by atoms with Crippen LogP contribution in [0.1, 0.15) is 22.4 Å². The predicted octanol–water partition coefficient (Wildman–Crippen LogP) is 3.24. The average Bonchev–Trinajstić information content (AvgIpc) is 2.46. The monoisotopic (exact) mass is 203 g/mol. The van der Waals surface area contributed by atoms with Crippen LogP contribution in [0.4, 0.5) is 0 Å². The van der Waals surface area contributed by atoms with Gasteiger partial charge in [0.05, 0.1) is 6.61 Å². The molecule has 0 unspecified atom stereocenters. The summed E-state index contributed by atoms with van der Waals surface area (Å²) in [6, 6.07) is 4.43. The molecule has 0 radical (unpaired) electrons. The molecule has 2 rings (SSSR count). The van der Waals surface area contributed by atoms with Gasteiger partial charge in [0, 0.05) is 29.3 Å². The summed E-state index contributed by atoms with van der Waals surface area (Å²) in [5.74, 6) is 0. The Balaban J connectivity index is 2.74. The smallest absolute Gasteiger partial charge is 0.0736 e. The molecule has 0 bridgehead atoms. The minimum atomic E-state index is 0.675. The van der Waals surface area contributed by atoms with Crippen LogP contribution in [-0.2, 0) is 11.3 Å². The Morgan fingerprint density at radius 2 is 1.93 bits per heavy atom. The fourth-order valence-electron chi connectivity index (χ4n) is 2.17. The van der Waals surface area contributed by atoms with Gasteiger partial charge in [-0.1, -0.05) is 11.6 Å². The highest BCUT2D eigenvalue weighted by molar-refractivity contribution is 5.87. The zero-order valence-electron chi connectivity index (χ0n) is 9.77. The first-order chi connectivity index (χ1) is 7.13. The van der Waals surface area contributed by atoms with Crippen molar-refractivity contribution in [3.63, 3.8) is 0 Å². The van der Waals surface area contributed by atoms with Crippen LogP contribution in [0.3, 0.4) is 0 Å². The SMILES string of the molecule is COCc1c(C)[nH]c2c(C)cc(C)cc12. The van der Waals surface area contributed by atoms with E-state index < -0.39 is 0 Å². The van der Waals surface area contributed by atoms with E-state index in [1.807, 2.05) is 0 Å². The Hall–Kier alpha value is -1.28. The van der Waals surface area contributed by atoms with E-state index in [9.17, 15) is 0 Å². The fraction of sp³-hybridized carbons (Fsp3) is 0.385. The van der Waals surface area contributed by atoms with Gasteiger partial charge in [0.15, 0.2) is 0 Å². The molecular weight excluding hydrogens is 186 g/mol. The Morgan fingerprint density at radius 3 is 2.60 bits per heavy atom. The minimum absolute atomic E-state index is 0.675. The Labute approximate surface area is 90.3 Å². The normalized spacial score (nSPS) is 11.2. The van der Waals surface area contributed by atoms with Crippen molar-refractivity contribution in [2.24, 2.45) is 0 Å². The van der Waals surface area contributed by atoms with Gasteiger partial charge in [0.2, 0.25) is 0 Å². The quantitative estimate of drug-likeness (QED) is 0.796. The van der Waals surface area contributed by atoms with E-state index in [1.54, 1.807) is 7.11 Å². The standard InChI is InChI=1S/C13H17NO/c1-8-5-9(2)13-11(6-8)12(7-15-4)10(3)14-13/h5-6,14H,7H2,1-4H3. The van der Waals surface area contributed by atoms with Crippen molar-refractivity contribution in [1.82, 2.24) is 4.98 Å². The highest BCUT2D eigenvalue weighted by atomic mass is 16.5. The average molecular weight is 203 g/mol. The number of aromatic nitrogens is 1. The Kier molecular flexibility index (Phi) is 2.53. The van der Waals surface area contributed by atoms with Gasteiger partial charge in [-0.05, 0) is 32.4 Å². The third-order valence-corrected chi connectivity index (χ3v) is 2.86. The van der Waals surface area contributed by atoms with Crippen LogP contribution in [0.15, 0.2) is 12.1 Å². The summed E-state index contributed by atoms with van der Waals surface area (Å²) in [6.45, 7) is 7.05. The Morgan fingerprint density at radius 1 is 1.20 bits per heavy atom. The van der Waals surface area contributed by atoms with Gasteiger partial charge in [0.25, 0.3) is 0 Å². The lowest BCUT2D eigenvalue weighted by molar-refractivity contribution is 0.185. The lowest BCUT2D eigenvalue weighted by Crippen LogP contribution is -1.88. The van der Waals surface area contributed by atoms with E-state index in [4.69, 9.17) is 4.74 Å². The molecule has 0 aliphatic rings. The highest BCUT2D eigenvalue weighted by Crippen LogP contribution is 2.26. The number of fused-ring (bicyclic) bond motifs is 1. The van der Waals surface area contributed by atoms with Crippen LogP contribution in [0, 0.1) is 20.8 Å². The van der Waals surface area contributed by atoms with Gasteiger partial charge < -0.3 is 9.72 Å². The number of aryl methyl sites for hydroxylation is 3. The molecule has 0 spiro atoms. The van der Waals surface area contributed by atoms with Crippen molar-refractivity contribution < 1.29 is 4.74 Å². The van der Waals surface area contributed by atoms with Crippen molar-refractivity contribution >= 4 is 10.9 Å². The van der Waals surface area contributed by atoms with E-state index in [1.165, 1.54) is 33.3 Å². The van der Waals surface area contributed by atoms with E-state index >= 15 is 0 Å². The maximum Gasteiger partial charge on any atom is 0.0736 e. The van der Waals surface area contributed by atoms with Gasteiger partial charge in [-0.25, -0.2) is 0 Å². The number of benzene rings is 1. The van der Waals surface area contributed by atoms with Crippen LogP contribution in [0.25, 0.3) is 10.9 Å². The molecule has 1 heterocycles. The van der Waals surface area contributed by atoms with E-state index in [0.717, 1.165) is 0 Å². The van der Waals surface area contributed by atoms with Crippen molar-refractivity contribution in [3.05, 3.63) is 34.5 Å². The number of hydrogen-bond donors (Lipinski definition) is 1. The summed E-state index contributed by atoms with van der Waals surface area (Å²) in [4.78, 5) is 3.43. The summed E-state index contributed by atoms with van der Waals surface area (Å²) < 4.78 is 5.23. The number of nitrogens with one attached hydrogen (secondary N) is 1. The van der Waals surface area contributed by atoms with E-state index in [2.05, 4.69) is 37.9 Å². The van der Waals surface area contributed by atoms with E-state index in [0.29, 0.717) is 6.61 Å². The topological polar surface area (TPSA) is 25.0 Å². The summed E-state index contributed by atoms with van der Waals surface area (Å²) >= 11 is 0. The first kappa shape index (κ1) is 10.2. The lowest BCUT2D eigenvalue weighted by atomic mass is 10.1. The molecule has 1 aromatic heterocycles. The summed E-state index contributed by atoms with van der Waals surface area (Å²) in [7, 11) is 1.74. The van der Waals surface area contributed by atoms with Crippen molar-refractivity contribution in [3.8, 4) is 0 Å². The van der Waals surface area contributed by atoms with Gasteiger partial charge in [-0.3, -0.25) is 0 Å². The number of ether oxygens (including phenoxy) is 1. The number of hydrogen-bond acceptors (Lipinski definition) is 1. The summed E-state index contributed by atoms with van der Waals surface area (Å²) in [5, 5.41) is 1.30. The second-order valence-corrected chi connectivity index (χ2v) is 4.17. The number of rotatable bonds is 2. The molecule has 0 fully saturated rings. The first-order valence-corrected chi connectivity index (χ1v) is 5.21. The van der Waals surface area contributed by atoms with Crippen LogP contribution in [-0.4, -0.2) is 12.1 Å². The molecule has 0 aliphatic heterocycles. The molecule has 2 heteroatoms. The minimum Gasteiger partial charge on any atom is -0.380 e. The molecule has 0 saturated heterocycles. The molecule has 2 aromatic rings. The molecular formula is C13H17NO. The Bertz CT molecular complexity index is 497. The number of aromatic amines is 1. The van der Waals surface area contributed by atoms with Crippen molar-refractivity contribution in [2.75, 3.05) is 7.11 Å². The third-order valence-electron chi connectivity index (χ3n) is 2.86. The molecule has 0 amide bonds. The fourth-order valence-corrected chi connectivity index (χ4v) is 2.17.